The molecule has 1 fully saturated rings. The smallest absolute Gasteiger partial charge is 0.262 e. The van der Waals surface area contributed by atoms with E-state index in [1.807, 2.05) is 0 Å². The second kappa shape index (κ2) is 6.70. The zero-order valence-corrected chi connectivity index (χ0v) is 12.6. The highest BCUT2D eigenvalue weighted by Gasteiger charge is 2.17. The standard InChI is InChI=1S/C16H22N2O3/c1-11-8-9-14(12(2)19)16(21)18(11)10-15(20)17-13-6-4-3-5-7-13/h8-9,13H,3-7,10H2,1-2H3,(H,17,20). The molecule has 2 rings (SSSR count). The Kier molecular flexibility index (Phi) is 4.94. The molecule has 21 heavy (non-hydrogen) atoms. The van der Waals surface area contributed by atoms with E-state index < -0.39 is 0 Å². The molecule has 1 heterocycles. The molecule has 0 aliphatic heterocycles. The van der Waals surface area contributed by atoms with E-state index in [1.165, 1.54) is 24.0 Å². The summed E-state index contributed by atoms with van der Waals surface area (Å²) in [5.41, 5.74) is 0.427. The van der Waals surface area contributed by atoms with Gasteiger partial charge in [0.15, 0.2) is 5.78 Å². The van der Waals surface area contributed by atoms with Crippen molar-refractivity contribution in [3.8, 4) is 0 Å². The fraction of sp³-hybridized carbons (Fsp3) is 0.562. The number of nitrogens with one attached hydrogen (secondary N) is 1. The van der Waals surface area contributed by atoms with Gasteiger partial charge < -0.3 is 9.88 Å². The monoisotopic (exact) mass is 290 g/mol. The quantitative estimate of drug-likeness (QED) is 0.860. The minimum Gasteiger partial charge on any atom is -0.352 e. The molecule has 0 spiro atoms. The van der Waals surface area contributed by atoms with Crippen LogP contribution in [0.4, 0.5) is 0 Å². The van der Waals surface area contributed by atoms with Gasteiger partial charge in [0.25, 0.3) is 5.56 Å². The first kappa shape index (κ1) is 15.5. The number of pyridine rings is 1. The summed E-state index contributed by atoms with van der Waals surface area (Å²) >= 11 is 0. The molecule has 114 valence electrons. The molecule has 1 N–H and O–H groups in total. The van der Waals surface area contributed by atoms with Crippen LogP contribution in [0.5, 0.6) is 0 Å². The van der Waals surface area contributed by atoms with Crippen LogP contribution in [-0.2, 0) is 11.3 Å². The first-order chi connectivity index (χ1) is 9.99. The van der Waals surface area contributed by atoms with Crippen LogP contribution in [-0.4, -0.2) is 22.3 Å². The minimum atomic E-state index is -0.388. The van der Waals surface area contributed by atoms with Crippen molar-refractivity contribution in [2.75, 3.05) is 0 Å². The Bertz CT molecular complexity index is 598. The van der Waals surface area contributed by atoms with Crippen molar-refractivity contribution in [3.05, 3.63) is 33.7 Å². The summed E-state index contributed by atoms with van der Waals surface area (Å²) in [6, 6.07) is 3.44. The maximum absolute atomic E-state index is 12.2. The van der Waals surface area contributed by atoms with Crippen molar-refractivity contribution in [1.29, 1.82) is 0 Å². The Balaban J connectivity index is 2.11. The zero-order valence-electron chi connectivity index (χ0n) is 12.6. The fourth-order valence-electron chi connectivity index (χ4n) is 2.80. The Morgan fingerprint density at radius 3 is 2.52 bits per heavy atom. The van der Waals surface area contributed by atoms with Gasteiger partial charge in [-0.15, -0.1) is 0 Å². The number of hydrogen-bond donors (Lipinski definition) is 1. The zero-order chi connectivity index (χ0) is 15.4. The molecule has 0 radical (unpaired) electrons. The number of hydrogen-bond acceptors (Lipinski definition) is 3. The summed E-state index contributed by atoms with van der Waals surface area (Å²) < 4.78 is 1.37. The largest absolute Gasteiger partial charge is 0.352 e. The predicted octanol–water partition coefficient (Wildman–Crippen LogP) is 1.81. The highest BCUT2D eigenvalue weighted by molar-refractivity contribution is 5.93. The third-order valence-corrected chi connectivity index (χ3v) is 4.04. The summed E-state index contributed by atoms with van der Waals surface area (Å²) in [7, 11) is 0. The molecule has 5 heteroatoms. The van der Waals surface area contributed by atoms with Crippen molar-refractivity contribution in [2.24, 2.45) is 0 Å². The van der Waals surface area contributed by atoms with Crippen LogP contribution in [0.1, 0.15) is 55.1 Å². The lowest BCUT2D eigenvalue weighted by Crippen LogP contribution is -2.40. The highest BCUT2D eigenvalue weighted by Crippen LogP contribution is 2.17. The van der Waals surface area contributed by atoms with Crippen LogP contribution in [0.3, 0.4) is 0 Å². The average molecular weight is 290 g/mol. The summed E-state index contributed by atoms with van der Waals surface area (Å²) in [6.07, 6.45) is 5.53. The van der Waals surface area contributed by atoms with Crippen molar-refractivity contribution >= 4 is 11.7 Å². The Morgan fingerprint density at radius 2 is 1.90 bits per heavy atom. The molecule has 0 bridgehead atoms. The Morgan fingerprint density at radius 1 is 1.24 bits per heavy atom. The number of carbonyl (C=O) groups excluding carboxylic acids is 2. The van der Waals surface area contributed by atoms with Gasteiger partial charge in [-0.25, -0.2) is 0 Å². The number of aromatic nitrogens is 1. The van der Waals surface area contributed by atoms with Gasteiger partial charge in [0.1, 0.15) is 6.54 Å². The van der Waals surface area contributed by atoms with Crippen molar-refractivity contribution < 1.29 is 9.59 Å². The topological polar surface area (TPSA) is 68.2 Å². The summed E-state index contributed by atoms with van der Waals surface area (Å²) in [6.45, 7) is 3.10. The highest BCUT2D eigenvalue weighted by atomic mass is 16.2. The summed E-state index contributed by atoms with van der Waals surface area (Å²) in [5, 5.41) is 2.99. The van der Waals surface area contributed by atoms with Crippen LogP contribution >= 0.6 is 0 Å². The number of rotatable bonds is 4. The molecule has 1 aliphatic carbocycles. The number of ketones is 1. The van der Waals surface area contributed by atoms with Crippen LogP contribution in [0, 0.1) is 6.92 Å². The van der Waals surface area contributed by atoms with Gasteiger partial charge in [-0.3, -0.25) is 14.4 Å². The van der Waals surface area contributed by atoms with Crippen molar-refractivity contribution in [2.45, 2.75) is 58.5 Å². The van der Waals surface area contributed by atoms with Gasteiger partial charge in [-0.1, -0.05) is 19.3 Å². The van der Waals surface area contributed by atoms with Gasteiger partial charge in [-0.2, -0.15) is 0 Å². The van der Waals surface area contributed by atoms with E-state index in [4.69, 9.17) is 0 Å². The third kappa shape index (κ3) is 3.80. The Hall–Kier alpha value is -1.91. The van der Waals surface area contributed by atoms with Crippen molar-refractivity contribution in [3.63, 3.8) is 0 Å². The number of nitrogens with zero attached hydrogens (tertiary/aromatic N) is 1. The maximum atomic E-state index is 12.2. The maximum Gasteiger partial charge on any atom is 0.262 e. The lowest BCUT2D eigenvalue weighted by Gasteiger charge is -2.23. The van der Waals surface area contributed by atoms with Gasteiger partial charge in [0.2, 0.25) is 5.91 Å². The van der Waals surface area contributed by atoms with Crippen molar-refractivity contribution in [1.82, 2.24) is 9.88 Å². The van der Waals surface area contributed by atoms with E-state index >= 15 is 0 Å². The van der Waals surface area contributed by atoms with E-state index in [-0.39, 0.29) is 35.4 Å². The number of amides is 1. The minimum absolute atomic E-state index is 0.0255. The van der Waals surface area contributed by atoms with Gasteiger partial charge in [0.05, 0.1) is 5.56 Å². The summed E-state index contributed by atoms with van der Waals surface area (Å²) in [5.74, 6) is -0.436. The average Bonchev–Trinajstić information content (AvgIpc) is 2.44. The van der Waals surface area contributed by atoms with Gasteiger partial charge in [-0.05, 0) is 38.8 Å². The molecule has 0 unspecified atom stereocenters. The van der Waals surface area contributed by atoms with E-state index in [0.29, 0.717) is 5.69 Å². The first-order valence-corrected chi connectivity index (χ1v) is 7.50. The number of aryl methyl sites for hydroxylation is 1. The fourth-order valence-corrected chi connectivity index (χ4v) is 2.80. The lowest BCUT2D eigenvalue weighted by atomic mass is 9.95. The second-order valence-electron chi connectivity index (χ2n) is 5.74. The molecule has 1 aliphatic rings. The number of Topliss-reactive ketones (excluding diaryl/α,β-unsaturated/α-hetero) is 1. The molecule has 1 aromatic heterocycles. The molecule has 1 aromatic rings. The van der Waals surface area contributed by atoms with Gasteiger partial charge >= 0.3 is 0 Å². The lowest BCUT2D eigenvalue weighted by molar-refractivity contribution is -0.122. The second-order valence-corrected chi connectivity index (χ2v) is 5.74. The third-order valence-electron chi connectivity index (χ3n) is 4.04. The predicted molar refractivity (Wildman–Crippen MR) is 80.5 cm³/mol. The van der Waals surface area contributed by atoms with Crippen LogP contribution < -0.4 is 10.9 Å². The van der Waals surface area contributed by atoms with E-state index in [0.717, 1.165) is 25.7 Å². The van der Waals surface area contributed by atoms with E-state index in [2.05, 4.69) is 5.32 Å². The number of carbonyl (C=O) groups is 2. The molecular formula is C16H22N2O3. The normalized spacial score (nSPS) is 15.7. The van der Waals surface area contributed by atoms with E-state index in [1.54, 1.807) is 13.0 Å². The van der Waals surface area contributed by atoms with Crippen LogP contribution in [0.15, 0.2) is 16.9 Å². The SMILES string of the molecule is CC(=O)c1ccc(C)n(CC(=O)NC2CCCCC2)c1=O. The van der Waals surface area contributed by atoms with Gasteiger partial charge in [0, 0.05) is 11.7 Å². The van der Waals surface area contributed by atoms with Crippen LogP contribution in [0.25, 0.3) is 0 Å². The molecule has 1 amide bonds. The first-order valence-electron chi connectivity index (χ1n) is 7.50. The van der Waals surface area contributed by atoms with Crippen LogP contribution in [0.2, 0.25) is 0 Å². The molecule has 1 saturated carbocycles. The molecule has 5 nitrogen and oxygen atoms in total. The summed E-state index contributed by atoms with van der Waals surface area (Å²) in [4.78, 5) is 35.8. The molecule has 0 aromatic carbocycles. The molecular weight excluding hydrogens is 268 g/mol. The molecule has 0 atom stereocenters. The Labute approximate surface area is 124 Å². The van der Waals surface area contributed by atoms with E-state index in [9.17, 15) is 14.4 Å². The molecule has 0 saturated heterocycles.